The molecule has 1 aromatic rings. The van der Waals surface area contributed by atoms with Crippen molar-refractivity contribution in [3.63, 3.8) is 0 Å². The van der Waals surface area contributed by atoms with E-state index in [4.69, 9.17) is 4.74 Å². The number of aliphatic carboxylic acids is 1. The summed E-state index contributed by atoms with van der Waals surface area (Å²) in [6, 6.07) is -0.806. The van der Waals surface area contributed by atoms with Gasteiger partial charge in [-0.15, -0.1) is 0 Å². The van der Waals surface area contributed by atoms with Crippen molar-refractivity contribution in [3.8, 4) is 0 Å². The first kappa shape index (κ1) is 18.7. The Balaban J connectivity index is 2.06. The Hall–Kier alpha value is -1.67. The lowest BCUT2D eigenvalue weighted by Crippen LogP contribution is -2.40. The van der Waals surface area contributed by atoms with Crippen molar-refractivity contribution in [1.29, 1.82) is 0 Å². The maximum absolute atomic E-state index is 12.5. The summed E-state index contributed by atoms with van der Waals surface area (Å²) in [6.45, 7) is 4.14. The van der Waals surface area contributed by atoms with Gasteiger partial charge in [-0.05, 0) is 32.1 Å². The molecular formula is C16H23N3O4S. The minimum absolute atomic E-state index is 0.172. The molecule has 0 aliphatic carbocycles. The van der Waals surface area contributed by atoms with Gasteiger partial charge in [-0.2, -0.15) is 0 Å². The number of hydrogen-bond donors (Lipinski definition) is 1. The van der Waals surface area contributed by atoms with E-state index in [1.807, 2.05) is 20.1 Å². The smallest absolute Gasteiger partial charge is 0.326 e. The van der Waals surface area contributed by atoms with Gasteiger partial charge in [-0.25, -0.2) is 14.8 Å². The number of aryl methyl sites for hydroxylation is 2. The molecular weight excluding hydrogens is 330 g/mol. The topological polar surface area (TPSA) is 92.6 Å². The number of hydrogen-bond acceptors (Lipinski definition) is 6. The number of carbonyl (C=O) groups excluding carboxylic acids is 1. The minimum Gasteiger partial charge on any atom is -0.480 e. The lowest BCUT2D eigenvalue weighted by molar-refractivity contribution is -0.148. The molecule has 0 aromatic carbocycles. The molecule has 24 heavy (non-hydrogen) atoms. The molecule has 132 valence electrons. The van der Waals surface area contributed by atoms with Crippen LogP contribution in [0.25, 0.3) is 0 Å². The molecule has 1 aliphatic rings. The molecule has 0 bridgehead atoms. The predicted octanol–water partition coefficient (Wildman–Crippen LogP) is 1.45. The maximum Gasteiger partial charge on any atom is 0.326 e. The SMILES string of the molecule is COC1CC(C(=O)O)N(C(=O)CCc2c(C)nc(SC)nc2C)C1. The van der Waals surface area contributed by atoms with Crippen molar-refractivity contribution in [3.05, 3.63) is 17.0 Å². The van der Waals surface area contributed by atoms with Gasteiger partial charge in [-0.1, -0.05) is 11.8 Å². The van der Waals surface area contributed by atoms with E-state index in [0.717, 1.165) is 17.0 Å². The largest absolute Gasteiger partial charge is 0.480 e. The highest BCUT2D eigenvalue weighted by molar-refractivity contribution is 7.98. The third-order valence-electron chi connectivity index (χ3n) is 4.37. The zero-order valence-corrected chi connectivity index (χ0v) is 15.2. The number of amides is 1. The average Bonchev–Trinajstić information content (AvgIpc) is 2.98. The van der Waals surface area contributed by atoms with Crippen LogP contribution >= 0.6 is 11.8 Å². The van der Waals surface area contributed by atoms with Crippen molar-refractivity contribution in [2.75, 3.05) is 19.9 Å². The zero-order chi connectivity index (χ0) is 17.9. The van der Waals surface area contributed by atoms with Crippen LogP contribution in [0.4, 0.5) is 0 Å². The summed E-state index contributed by atoms with van der Waals surface area (Å²) in [7, 11) is 1.54. The Kier molecular flexibility index (Phi) is 6.17. The molecule has 1 aromatic heterocycles. The first-order valence-electron chi connectivity index (χ1n) is 7.80. The number of nitrogens with zero attached hydrogens (tertiary/aromatic N) is 3. The number of carboxylic acid groups (broad SMARTS) is 1. The Labute approximate surface area is 145 Å². The van der Waals surface area contributed by atoms with Crippen LogP contribution in [0, 0.1) is 13.8 Å². The highest BCUT2D eigenvalue weighted by Crippen LogP contribution is 2.23. The van der Waals surface area contributed by atoms with Gasteiger partial charge in [0.05, 0.1) is 6.10 Å². The summed E-state index contributed by atoms with van der Waals surface area (Å²) in [6.07, 6.45) is 2.78. The quantitative estimate of drug-likeness (QED) is 0.611. The second-order valence-electron chi connectivity index (χ2n) is 5.85. The van der Waals surface area contributed by atoms with E-state index < -0.39 is 12.0 Å². The van der Waals surface area contributed by atoms with Gasteiger partial charge < -0.3 is 14.7 Å². The summed E-state index contributed by atoms with van der Waals surface area (Å²) in [4.78, 5) is 34.1. The first-order valence-corrected chi connectivity index (χ1v) is 9.03. The van der Waals surface area contributed by atoms with Crippen LogP contribution in [-0.4, -0.2) is 63.9 Å². The van der Waals surface area contributed by atoms with Crippen LogP contribution in [0.1, 0.15) is 29.8 Å². The third-order valence-corrected chi connectivity index (χ3v) is 4.92. The lowest BCUT2D eigenvalue weighted by atomic mass is 10.1. The zero-order valence-electron chi connectivity index (χ0n) is 14.4. The highest BCUT2D eigenvalue weighted by Gasteiger charge is 2.39. The second-order valence-corrected chi connectivity index (χ2v) is 6.63. The average molecular weight is 353 g/mol. The summed E-state index contributed by atoms with van der Waals surface area (Å²) in [5.41, 5.74) is 2.69. The van der Waals surface area contributed by atoms with Gasteiger partial charge in [0.15, 0.2) is 5.16 Å². The third kappa shape index (κ3) is 4.05. The van der Waals surface area contributed by atoms with E-state index in [-0.39, 0.29) is 18.4 Å². The van der Waals surface area contributed by atoms with E-state index in [0.29, 0.717) is 24.5 Å². The molecule has 1 N–H and O–H groups in total. The molecule has 7 nitrogen and oxygen atoms in total. The van der Waals surface area contributed by atoms with Crippen molar-refractivity contribution in [1.82, 2.24) is 14.9 Å². The lowest BCUT2D eigenvalue weighted by Gasteiger charge is -2.21. The number of thioether (sulfide) groups is 1. The fraction of sp³-hybridized carbons (Fsp3) is 0.625. The van der Waals surface area contributed by atoms with E-state index >= 15 is 0 Å². The fourth-order valence-electron chi connectivity index (χ4n) is 3.02. The Morgan fingerprint density at radius 3 is 2.46 bits per heavy atom. The molecule has 2 unspecified atom stereocenters. The van der Waals surface area contributed by atoms with Crippen LogP contribution in [0.3, 0.4) is 0 Å². The Morgan fingerprint density at radius 1 is 1.33 bits per heavy atom. The molecule has 0 spiro atoms. The molecule has 1 aliphatic heterocycles. The van der Waals surface area contributed by atoms with Crippen molar-refractivity contribution < 1.29 is 19.4 Å². The van der Waals surface area contributed by atoms with E-state index in [9.17, 15) is 14.7 Å². The van der Waals surface area contributed by atoms with Gasteiger partial charge in [0.25, 0.3) is 0 Å². The van der Waals surface area contributed by atoms with E-state index in [2.05, 4.69) is 9.97 Å². The Bertz CT molecular complexity index is 615. The van der Waals surface area contributed by atoms with Crippen LogP contribution in [0.15, 0.2) is 5.16 Å². The Morgan fingerprint density at radius 2 is 1.96 bits per heavy atom. The molecule has 2 atom stereocenters. The summed E-state index contributed by atoms with van der Waals surface area (Å²) in [5.74, 6) is -1.15. The maximum atomic E-state index is 12.5. The van der Waals surface area contributed by atoms with Crippen molar-refractivity contribution in [2.45, 2.75) is 50.4 Å². The number of carboxylic acids is 1. The molecule has 2 heterocycles. The van der Waals surface area contributed by atoms with E-state index in [1.165, 1.54) is 23.8 Å². The molecule has 2 rings (SSSR count). The monoisotopic (exact) mass is 353 g/mol. The highest BCUT2D eigenvalue weighted by atomic mass is 32.2. The van der Waals surface area contributed by atoms with Gasteiger partial charge in [0, 0.05) is 37.9 Å². The first-order chi connectivity index (χ1) is 11.4. The van der Waals surface area contributed by atoms with Gasteiger partial charge in [-0.3, -0.25) is 4.79 Å². The van der Waals surface area contributed by atoms with Crippen molar-refractivity contribution >= 4 is 23.6 Å². The van der Waals surface area contributed by atoms with E-state index in [1.54, 1.807) is 0 Å². The van der Waals surface area contributed by atoms with Crippen LogP contribution in [0.2, 0.25) is 0 Å². The molecule has 1 fully saturated rings. The number of carbonyl (C=O) groups is 2. The van der Waals surface area contributed by atoms with Gasteiger partial charge >= 0.3 is 5.97 Å². The molecule has 1 amide bonds. The number of ether oxygens (including phenoxy) is 1. The van der Waals surface area contributed by atoms with Crippen molar-refractivity contribution in [2.24, 2.45) is 0 Å². The molecule has 1 saturated heterocycles. The summed E-state index contributed by atoms with van der Waals surface area (Å²) < 4.78 is 5.22. The standard InChI is InChI=1S/C16H23N3O4S/c1-9-12(10(2)18-16(17-9)24-4)5-6-14(20)19-8-11(23-3)7-13(19)15(21)22/h11,13H,5-8H2,1-4H3,(H,21,22). The normalized spacial score (nSPS) is 20.4. The van der Waals surface area contributed by atoms with Crippen LogP contribution in [-0.2, 0) is 20.7 Å². The van der Waals surface area contributed by atoms with Gasteiger partial charge in [0.2, 0.25) is 5.91 Å². The predicted molar refractivity (Wildman–Crippen MR) is 90.2 cm³/mol. The summed E-state index contributed by atoms with van der Waals surface area (Å²) in [5, 5.41) is 10.0. The number of methoxy groups -OCH3 is 1. The van der Waals surface area contributed by atoms with Gasteiger partial charge in [0.1, 0.15) is 6.04 Å². The molecule has 0 radical (unpaired) electrons. The number of aromatic nitrogens is 2. The fourth-order valence-corrected chi connectivity index (χ4v) is 3.47. The summed E-state index contributed by atoms with van der Waals surface area (Å²) >= 11 is 1.48. The van der Waals surface area contributed by atoms with Crippen LogP contribution < -0.4 is 0 Å². The second kappa shape index (κ2) is 7.94. The molecule has 0 saturated carbocycles. The molecule has 8 heteroatoms. The van der Waals surface area contributed by atoms with Crippen LogP contribution in [0.5, 0.6) is 0 Å². The minimum atomic E-state index is -0.983. The number of rotatable bonds is 6. The number of likely N-dealkylation sites (tertiary alicyclic amines) is 1.